The molecule has 1 aromatic heterocycles. The van der Waals surface area contributed by atoms with Gasteiger partial charge in [-0.3, -0.25) is 13.9 Å². The Morgan fingerprint density at radius 2 is 1.94 bits per heavy atom. The molecule has 0 fully saturated rings. The van der Waals surface area contributed by atoms with Crippen molar-refractivity contribution in [2.24, 2.45) is 7.05 Å². The number of rotatable bonds is 5. The average molecular weight is 307 g/mol. The first-order valence-electron chi connectivity index (χ1n) is 4.99. The Hall–Kier alpha value is -0.920. The monoisotopic (exact) mass is 306 g/mol. The fraction of sp³-hybridized carbons (Fsp3) is 0.600. The maximum atomic E-state index is 11.9. The van der Waals surface area contributed by atoms with Crippen LogP contribution in [0.5, 0.6) is 0 Å². The number of halogens is 1. The van der Waals surface area contributed by atoms with Crippen molar-refractivity contribution in [3.63, 3.8) is 0 Å². The summed E-state index contributed by atoms with van der Waals surface area (Å²) in [6.45, 7) is 0.436. The van der Waals surface area contributed by atoms with Crippen molar-refractivity contribution in [2.75, 3.05) is 19.5 Å². The molecule has 7 heteroatoms. The second-order valence-corrected chi connectivity index (χ2v) is 4.19. The highest BCUT2D eigenvalue weighted by Gasteiger charge is 2.17. The standard InChI is InChI=1S/C10H15BrN2O4/c1-12-8(14)6-7(9(16-2)17-3)13(5-4-11)10(12)15/h6,9H,4-5H2,1-3H3. The van der Waals surface area contributed by atoms with Gasteiger partial charge in [-0.25, -0.2) is 4.79 Å². The van der Waals surface area contributed by atoms with Gasteiger partial charge < -0.3 is 9.47 Å². The molecule has 0 saturated carbocycles. The fourth-order valence-corrected chi connectivity index (χ4v) is 1.88. The molecule has 6 nitrogen and oxygen atoms in total. The Bertz CT molecular complexity index is 490. The summed E-state index contributed by atoms with van der Waals surface area (Å²) in [5, 5.41) is 0.595. The Morgan fingerprint density at radius 1 is 1.35 bits per heavy atom. The van der Waals surface area contributed by atoms with Gasteiger partial charge in [0.2, 0.25) is 0 Å². The van der Waals surface area contributed by atoms with Crippen LogP contribution in [0.15, 0.2) is 15.7 Å². The highest BCUT2D eigenvalue weighted by Crippen LogP contribution is 2.14. The van der Waals surface area contributed by atoms with Crippen LogP contribution in [0.3, 0.4) is 0 Å². The van der Waals surface area contributed by atoms with Gasteiger partial charge in [0, 0.05) is 39.2 Å². The summed E-state index contributed by atoms with van der Waals surface area (Å²) in [6.07, 6.45) is -0.726. The summed E-state index contributed by atoms with van der Waals surface area (Å²) in [7, 11) is 4.34. The quantitative estimate of drug-likeness (QED) is 0.577. The van der Waals surface area contributed by atoms with Gasteiger partial charge in [-0.05, 0) is 0 Å². The van der Waals surface area contributed by atoms with Gasteiger partial charge in [0.15, 0.2) is 6.29 Å². The summed E-state index contributed by atoms with van der Waals surface area (Å²) in [6, 6.07) is 1.35. The number of nitrogens with zero attached hydrogens (tertiary/aromatic N) is 2. The summed E-state index contributed by atoms with van der Waals surface area (Å²) < 4.78 is 12.7. The Kier molecular flexibility index (Phi) is 5.10. The number of aromatic nitrogens is 2. The summed E-state index contributed by atoms with van der Waals surface area (Å²) >= 11 is 3.26. The van der Waals surface area contributed by atoms with E-state index in [1.807, 2.05) is 0 Å². The van der Waals surface area contributed by atoms with E-state index in [1.165, 1.54) is 31.9 Å². The van der Waals surface area contributed by atoms with Crippen LogP contribution in [0.25, 0.3) is 0 Å². The zero-order chi connectivity index (χ0) is 13.0. The molecule has 0 amide bonds. The lowest BCUT2D eigenvalue weighted by molar-refractivity contribution is -0.111. The lowest BCUT2D eigenvalue weighted by atomic mass is 10.3. The lowest BCUT2D eigenvalue weighted by Gasteiger charge is -2.19. The Balaban J connectivity index is 3.47. The van der Waals surface area contributed by atoms with E-state index in [0.29, 0.717) is 17.6 Å². The van der Waals surface area contributed by atoms with Gasteiger partial charge in [-0.2, -0.15) is 0 Å². The minimum absolute atomic E-state index is 0.380. The third-order valence-electron chi connectivity index (χ3n) is 2.41. The molecular weight excluding hydrogens is 292 g/mol. The van der Waals surface area contributed by atoms with E-state index in [4.69, 9.17) is 9.47 Å². The lowest BCUT2D eigenvalue weighted by Crippen LogP contribution is -2.40. The second-order valence-electron chi connectivity index (χ2n) is 3.39. The first kappa shape index (κ1) is 14.1. The fourth-order valence-electron chi connectivity index (χ4n) is 1.53. The van der Waals surface area contributed by atoms with Crippen LogP contribution in [0.4, 0.5) is 0 Å². The van der Waals surface area contributed by atoms with Crippen molar-refractivity contribution < 1.29 is 9.47 Å². The minimum Gasteiger partial charge on any atom is -0.350 e. The molecule has 0 aliphatic heterocycles. The van der Waals surface area contributed by atoms with Crippen molar-refractivity contribution >= 4 is 15.9 Å². The van der Waals surface area contributed by atoms with Gasteiger partial charge in [-0.1, -0.05) is 15.9 Å². The molecule has 0 aliphatic carbocycles. The van der Waals surface area contributed by atoms with Crippen molar-refractivity contribution in [1.29, 1.82) is 0 Å². The maximum absolute atomic E-state index is 11.9. The van der Waals surface area contributed by atoms with Gasteiger partial charge >= 0.3 is 5.69 Å². The number of methoxy groups -OCH3 is 2. The van der Waals surface area contributed by atoms with Crippen molar-refractivity contribution in [3.05, 3.63) is 32.6 Å². The Morgan fingerprint density at radius 3 is 2.41 bits per heavy atom. The third-order valence-corrected chi connectivity index (χ3v) is 2.76. The number of ether oxygens (including phenoxy) is 2. The van der Waals surface area contributed by atoms with Crippen LogP contribution in [-0.2, 0) is 23.1 Å². The molecule has 1 heterocycles. The van der Waals surface area contributed by atoms with E-state index in [2.05, 4.69) is 15.9 Å². The van der Waals surface area contributed by atoms with Gasteiger partial charge in [-0.15, -0.1) is 0 Å². The number of alkyl halides is 1. The van der Waals surface area contributed by atoms with Gasteiger partial charge in [0.1, 0.15) is 0 Å². The predicted molar refractivity (Wildman–Crippen MR) is 66.5 cm³/mol. The molecule has 0 atom stereocenters. The molecular formula is C10H15BrN2O4. The molecule has 0 aliphatic rings. The molecule has 0 radical (unpaired) electrons. The van der Waals surface area contributed by atoms with Gasteiger partial charge in [0.25, 0.3) is 5.56 Å². The van der Waals surface area contributed by atoms with Crippen LogP contribution >= 0.6 is 15.9 Å². The second kappa shape index (κ2) is 6.13. The van der Waals surface area contributed by atoms with Crippen molar-refractivity contribution in [3.8, 4) is 0 Å². The number of hydrogen-bond acceptors (Lipinski definition) is 4. The SMILES string of the molecule is COC(OC)c1cc(=O)n(C)c(=O)n1CCBr. The van der Waals surface area contributed by atoms with Gasteiger partial charge in [0.05, 0.1) is 5.69 Å². The molecule has 1 aromatic rings. The van der Waals surface area contributed by atoms with E-state index in [0.717, 1.165) is 4.57 Å². The molecule has 17 heavy (non-hydrogen) atoms. The first-order valence-corrected chi connectivity index (χ1v) is 6.11. The van der Waals surface area contributed by atoms with Crippen LogP contribution < -0.4 is 11.2 Å². The maximum Gasteiger partial charge on any atom is 0.331 e. The van der Waals surface area contributed by atoms with E-state index < -0.39 is 6.29 Å². The molecule has 0 aromatic carbocycles. The first-order chi connectivity index (χ1) is 8.06. The van der Waals surface area contributed by atoms with E-state index in [-0.39, 0.29) is 11.2 Å². The average Bonchev–Trinajstić information content (AvgIpc) is 2.32. The summed E-state index contributed by atoms with van der Waals surface area (Å²) in [5.41, 5.74) is -0.344. The molecule has 0 unspecified atom stereocenters. The molecule has 0 spiro atoms. The topological polar surface area (TPSA) is 62.5 Å². The van der Waals surface area contributed by atoms with E-state index in [9.17, 15) is 9.59 Å². The minimum atomic E-state index is -0.726. The molecule has 0 bridgehead atoms. The van der Waals surface area contributed by atoms with Crippen LogP contribution in [0.2, 0.25) is 0 Å². The van der Waals surface area contributed by atoms with E-state index in [1.54, 1.807) is 0 Å². The number of hydrogen-bond donors (Lipinski definition) is 0. The molecule has 1 rings (SSSR count). The zero-order valence-corrected chi connectivity index (χ0v) is 11.6. The van der Waals surface area contributed by atoms with Crippen LogP contribution in [-0.4, -0.2) is 28.7 Å². The molecule has 0 N–H and O–H groups in total. The summed E-state index contributed by atoms with van der Waals surface area (Å²) in [5.74, 6) is 0. The van der Waals surface area contributed by atoms with Crippen molar-refractivity contribution in [2.45, 2.75) is 12.8 Å². The van der Waals surface area contributed by atoms with Crippen LogP contribution in [0.1, 0.15) is 12.0 Å². The zero-order valence-electron chi connectivity index (χ0n) is 9.97. The smallest absolute Gasteiger partial charge is 0.331 e. The molecule has 96 valence electrons. The normalized spacial score (nSPS) is 11.1. The highest BCUT2D eigenvalue weighted by atomic mass is 79.9. The predicted octanol–water partition coefficient (Wildman–Crippen LogP) is 0.233. The molecule has 0 saturated heterocycles. The Labute approximate surface area is 107 Å². The van der Waals surface area contributed by atoms with E-state index >= 15 is 0 Å². The summed E-state index contributed by atoms with van der Waals surface area (Å²) in [4.78, 5) is 23.5. The van der Waals surface area contributed by atoms with Crippen molar-refractivity contribution in [1.82, 2.24) is 9.13 Å². The van der Waals surface area contributed by atoms with Crippen LogP contribution in [0, 0.1) is 0 Å². The highest BCUT2D eigenvalue weighted by molar-refractivity contribution is 9.09. The largest absolute Gasteiger partial charge is 0.350 e. The third kappa shape index (κ3) is 2.85.